The number of hydrogen-bond acceptors (Lipinski definition) is 5. The van der Waals surface area contributed by atoms with Gasteiger partial charge >= 0.3 is 5.97 Å². The highest BCUT2D eigenvalue weighted by Gasteiger charge is 2.26. The van der Waals surface area contributed by atoms with Crippen LogP contribution in [0.4, 0.5) is 13.8 Å². The van der Waals surface area contributed by atoms with Crippen molar-refractivity contribution in [2.75, 3.05) is 5.32 Å². The van der Waals surface area contributed by atoms with Gasteiger partial charge in [-0.1, -0.05) is 0 Å². The van der Waals surface area contributed by atoms with Gasteiger partial charge in [-0.25, -0.2) is 13.6 Å². The summed E-state index contributed by atoms with van der Waals surface area (Å²) >= 11 is 0.900. The molecule has 2 rings (SSSR count). The molecule has 1 atom stereocenters. The van der Waals surface area contributed by atoms with Crippen molar-refractivity contribution in [3.05, 3.63) is 40.7 Å². The first-order valence-corrected chi connectivity index (χ1v) is 7.86. The highest BCUT2D eigenvalue weighted by atomic mass is 32.1. The Morgan fingerprint density at radius 2 is 2.04 bits per heavy atom. The molecule has 0 aliphatic rings. The van der Waals surface area contributed by atoms with Crippen LogP contribution in [-0.2, 0) is 4.79 Å². The van der Waals surface area contributed by atoms with Crippen molar-refractivity contribution in [2.24, 2.45) is 0 Å². The van der Waals surface area contributed by atoms with Gasteiger partial charge in [0.05, 0.1) is 16.1 Å². The molecule has 0 aliphatic carbocycles. The van der Waals surface area contributed by atoms with Gasteiger partial charge in [-0.15, -0.1) is 11.3 Å². The number of hydrogen-bond donors (Lipinski definition) is 3. The Morgan fingerprint density at radius 1 is 1.32 bits per heavy atom. The van der Waals surface area contributed by atoms with Crippen LogP contribution in [0.1, 0.15) is 32.2 Å². The first-order chi connectivity index (χ1) is 11.8. The zero-order valence-electron chi connectivity index (χ0n) is 12.9. The molecule has 2 aromatic heterocycles. The van der Waals surface area contributed by atoms with Crippen LogP contribution < -0.4 is 10.6 Å². The molecule has 0 saturated carbocycles. The molecule has 25 heavy (non-hydrogen) atoms. The van der Waals surface area contributed by atoms with E-state index >= 15 is 0 Å². The SMILES string of the molecule is Cc1cc(NC(=O)c2ccco2)sc1C(=O)NC(CC(F)F)C(=O)O. The molecule has 0 saturated heterocycles. The van der Waals surface area contributed by atoms with E-state index in [1.54, 1.807) is 13.0 Å². The molecule has 1 unspecified atom stereocenters. The lowest BCUT2D eigenvalue weighted by Gasteiger charge is -2.13. The fourth-order valence-corrected chi connectivity index (χ4v) is 2.94. The van der Waals surface area contributed by atoms with Crippen LogP contribution in [0.25, 0.3) is 0 Å². The van der Waals surface area contributed by atoms with Gasteiger partial charge < -0.3 is 20.2 Å². The van der Waals surface area contributed by atoms with E-state index in [0.29, 0.717) is 10.6 Å². The topological polar surface area (TPSA) is 109 Å². The van der Waals surface area contributed by atoms with Gasteiger partial charge in [-0.3, -0.25) is 9.59 Å². The number of amides is 2. The number of anilines is 1. The van der Waals surface area contributed by atoms with E-state index in [9.17, 15) is 23.2 Å². The van der Waals surface area contributed by atoms with Gasteiger partial charge in [-0.2, -0.15) is 0 Å². The number of halogens is 2. The highest BCUT2D eigenvalue weighted by molar-refractivity contribution is 7.18. The number of carbonyl (C=O) groups is 3. The van der Waals surface area contributed by atoms with Crippen LogP contribution in [0.3, 0.4) is 0 Å². The number of carbonyl (C=O) groups excluding carboxylic acids is 2. The van der Waals surface area contributed by atoms with E-state index in [-0.39, 0.29) is 10.6 Å². The largest absolute Gasteiger partial charge is 0.480 e. The summed E-state index contributed by atoms with van der Waals surface area (Å²) in [6.45, 7) is 1.58. The van der Waals surface area contributed by atoms with E-state index in [0.717, 1.165) is 11.3 Å². The minimum absolute atomic E-state index is 0.0833. The molecule has 2 aromatic rings. The predicted molar refractivity (Wildman–Crippen MR) is 85.2 cm³/mol. The Bertz CT molecular complexity index is 773. The number of thiophene rings is 1. The molecule has 7 nitrogen and oxygen atoms in total. The summed E-state index contributed by atoms with van der Waals surface area (Å²) in [5.41, 5.74) is 0.471. The van der Waals surface area contributed by atoms with Gasteiger partial charge in [0.15, 0.2) is 5.76 Å². The van der Waals surface area contributed by atoms with Crippen LogP contribution in [0, 0.1) is 6.92 Å². The monoisotopic (exact) mass is 372 g/mol. The number of alkyl halides is 2. The van der Waals surface area contributed by atoms with Crippen molar-refractivity contribution in [1.82, 2.24) is 5.32 Å². The summed E-state index contributed by atoms with van der Waals surface area (Å²) in [5.74, 6) is -2.78. The molecule has 2 amide bonds. The van der Waals surface area contributed by atoms with E-state index < -0.39 is 36.7 Å². The smallest absolute Gasteiger partial charge is 0.326 e. The van der Waals surface area contributed by atoms with Crippen molar-refractivity contribution in [3.63, 3.8) is 0 Å². The lowest BCUT2D eigenvalue weighted by molar-refractivity contribution is -0.140. The molecule has 0 aliphatic heterocycles. The molecule has 2 heterocycles. The van der Waals surface area contributed by atoms with Crippen molar-refractivity contribution < 1.29 is 32.7 Å². The predicted octanol–water partition coefficient (Wildman–Crippen LogP) is 2.74. The Balaban J connectivity index is 2.09. The number of carboxylic acids is 1. The number of nitrogens with one attached hydrogen (secondary N) is 2. The molecular formula is C15H14F2N2O5S. The molecule has 0 radical (unpaired) electrons. The molecule has 0 aromatic carbocycles. The molecule has 0 spiro atoms. The summed E-state index contributed by atoms with van der Waals surface area (Å²) in [4.78, 5) is 35.1. The third-order valence-electron chi connectivity index (χ3n) is 3.12. The maximum Gasteiger partial charge on any atom is 0.326 e. The number of aryl methyl sites for hydroxylation is 1. The normalized spacial score (nSPS) is 12.0. The van der Waals surface area contributed by atoms with Gasteiger partial charge in [0.25, 0.3) is 11.8 Å². The van der Waals surface area contributed by atoms with E-state index in [2.05, 4.69) is 10.6 Å². The second kappa shape index (κ2) is 7.88. The summed E-state index contributed by atoms with van der Waals surface area (Å²) in [5, 5.41) is 13.8. The average Bonchev–Trinajstić information content (AvgIpc) is 3.15. The summed E-state index contributed by atoms with van der Waals surface area (Å²) in [7, 11) is 0. The minimum Gasteiger partial charge on any atom is -0.480 e. The maximum absolute atomic E-state index is 12.4. The lowest BCUT2D eigenvalue weighted by Crippen LogP contribution is -2.41. The zero-order valence-corrected chi connectivity index (χ0v) is 13.7. The molecule has 3 N–H and O–H groups in total. The van der Waals surface area contributed by atoms with Crippen molar-refractivity contribution in [1.29, 1.82) is 0 Å². The highest BCUT2D eigenvalue weighted by Crippen LogP contribution is 2.27. The van der Waals surface area contributed by atoms with Gasteiger partial charge in [-0.05, 0) is 30.7 Å². The fourth-order valence-electron chi connectivity index (χ4n) is 1.97. The van der Waals surface area contributed by atoms with Gasteiger partial charge in [0.2, 0.25) is 6.43 Å². The Labute approximate surface area is 144 Å². The molecule has 0 bridgehead atoms. The summed E-state index contributed by atoms with van der Waals surface area (Å²) < 4.78 is 29.7. The standard InChI is InChI=1S/C15H14F2N2O5S/c1-7-5-11(19-13(20)9-3-2-4-24-9)25-12(7)14(21)18-8(15(22)23)6-10(16)17/h2-5,8,10H,6H2,1H3,(H,18,21)(H,19,20)(H,22,23). The first-order valence-electron chi connectivity index (χ1n) is 7.05. The zero-order chi connectivity index (χ0) is 18.6. The Hall–Kier alpha value is -2.75. The third kappa shape index (κ3) is 4.86. The van der Waals surface area contributed by atoms with Crippen molar-refractivity contribution in [2.45, 2.75) is 25.8 Å². The van der Waals surface area contributed by atoms with E-state index in [1.807, 2.05) is 0 Å². The third-order valence-corrected chi connectivity index (χ3v) is 4.27. The molecule has 10 heteroatoms. The van der Waals surface area contributed by atoms with Gasteiger partial charge in [0.1, 0.15) is 6.04 Å². The Kier molecular flexibility index (Phi) is 5.86. The van der Waals surface area contributed by atoms with Crippen LogP contribution in [-0.4, -0.2) is 35.4 Å². The van der Waals surface area contributed by atoms with Gasteiger partial charge in [0, 0.05) is 6.42 Å². The first kappa shape index (κ1) is 18.6. The molecular weight excluding hydrogens is 358 g/mol. The quantitative estimate of drug-likeness (QED) is 0.692. The molecule has 0 fully saturated rings. The molecule has 134 valence electrons. The summed E-state index contributed by atoms with van der Waals surface area (Å²) in [6, 6.07) is 2.83. The van der Waals surface area contributed by atoms with E-state index in [1.165, 1.54) is 18.4 Å². The Morgan fingerprint density at radius 3 is 2.60 bits per heavy atom. The number of aliphatic carboxylic acids is 1. The lowest BCUT2D eigenvalue weighted by atomic mass is 10.2. The van der Waals surface area contributed by atoms with Crippen LogP contribution in [0.2, 0.25) is 0 Å². The second-order valence-electron chi connectivity index (χ2n) is 5.05. The second-order valence-corrected chi connectivity index (χ2v) is 6.10. The van der Waals surface area contributed by atoms with Crippen molar-refractivity contribution >= 4 is 34.1 Å². The maximum atomic E-state index is 12.4. The number of rotatable bonds is 7. The van der Waals surface area contributed by atoms with Crippen LogP contribution in [0.15, 0.2) is 28.9 Å². The number of carboxylic acid groups (broad SMARTS) is 1. The van der Waals surface area contributed by atoms with Crippen LogP contribution >= 0.6 is 11.3 Å². The fraction of sp³-hybridized carbons (Fsp3) is 0.267. The van der Waals surface area contributed by atoms with Crippen molar-refractivity contribution in [3.8, 4) is 0 Å². The summed E-state index contributed by atoms with van der Waals surface area (Å²) in [6.07, 6.45) is -2.52. The number of furan rings is 1. The van der Waals surface area contributed by atoms with Crippen LogP contribution in [0.5, 0.6) is 0 Å². The minimum atomic E-state index is -2.87. The average molecular weight is 372 g/mol. The van der Waals surface area contributed by atoms with E-state index in [4.69, 9.17) is 9.52 Å².